The van der Waals surface area contributed by atoms with E-state index < -0.39 is 9.84 Å². The second-order valence-electron chi connectivity index (χ2n) is 4.87. The molecule has 3 N–H and O–H groups in total. The minimum absolute atomic E-state index is 0.0488. The van der Waals surface area contributed by atoms with E-state index in [1.165, 1.54) is 18.2 Å². The van der Waals surface area contributed by atoms with Gasteiger partial charge in [-0.05, 0) is 37.5 Å². The zero-order chi connectivity index (χ0) is 15.9. The number of amides is 1. The maximum absolute atomic E-state index is 12.0. The van der Waals surface area contributed by atoms with Gasteiger partial charge in [-0.2, -0.15) is 0 Å². The van der Waals surface area contributed by atoms with Gasteiger partial charge >= 0.3 is 0 Å². The molecule has 0 bridgehead atoms. The van der Waals surface area contributed by atoms with E-state index in [4.69, 9.17) is 10.5 Å². The van der Waals surface area contributed by atoms with Crippen molar-refractivity contribution in [3.8, 4) is 0 Å². The highest BCUT2D eigenvalue weighted by molar-refractivity contribution is 7.90. The monoisotopic (exact) mass is 314 g/mol. The number of carbonyl (C=O) groups is 1. The summed E-state index contributed by atoms with van der Waals surface area (Å²) in [7, 11) is -1.74. The summed E-state index contributed by atoms with van der Waals surface area (Å²) in [5, 5.41) is 2.75. The second kappa shape index (κ2) is 7.99. The van der Waals surface area contributed by atoms with Crippen LogP contribution in [0.3, 0.4) is 0 Å². The summed E-state index contributed by atoms with van der Waals surface area (Å²) < 4.78 is 28.0. The van der Waals surface area contributed by atoms with Crippen molar-refractivity contribution >= 4 is 21.4 Å². The molecule has 0 heterocycles. The Kier molecular flexibility index (Phi) is 6.64. The molecule has 1 rings (SSSR count). The van der Waals surface area contributed by atoms with E-state index in [1.807, 2.05) is 0 Å². The molecule has 0 aliphatic carbocycles. The van der Waals surface area contributed by atoms with Crippen LogP contribution in [0.1, 0.15) is 29.6 Å². The topological polar surface area (TPSA) is 98.5 Å². The van der Waals surface area contributed by atoms with Crippen molar-refractivity contribution in [3.05, 3.63) is 23.8 Å². The predicted octanol–water partition coefficient (Wildman–Crippen LogP) is 1.22. The second-order valence-corrected chi connectivity index (χ2v) is 6.89. The molecule has 0 aromatic heterocycles. The Morgan fingerprint density at radius 1 is 1.24 bits per heavy atom. The Labute approximate surface area is 125 Å². The van der Waals surface area contributed by atoms with Gasteiger partial charge in [-0.15, -0.1) is 0 Å². The molecule has 0 saturated carbocycles. The van der Waals surface area contributed by atoms with Crippen LogP contribution in [0.15, 0.2) is 23.1 Å². The van der Waals surface area contributed by atoms with Gasteiger partial charge in [0.25, 0.3) is 5.91 Å². The number of unbranched alkanes of at least 4 members (excludes halogenated alkanes) is 2. The smallest absolute Gasteiger partial charge is 0.251 e. The highest BCUT2D eigenvalue weighted by Gasteiger charge is 2.13. The van der Waals surface area contributed by atoms with Gasteiger partial charge in [0.1, 0.15) is 0 Å². The number of rotatable bonds is 8. The van der Waals surface area contributed by atoms with Crippen molar-refractivity contribution in [3.63, 3.8) is 0 Å². The summed E-state index contributed by atoms with van der Waals surface area (Å²) in [6.07, 6.45) is 3.83. The van der Waals surface area contributed by atoms with E-state index in [2.05, 4.69) is 5.32 Å². The first-order valence-corrected chi connectivity index (χ1v) is 8.61. The molecule has 1 aromatic carbocycles. The Balaban J connectivity index is 2.60. The van der Waals surface area contributed by atoms with Crippen molar-refractivity contribution in [2.24, 2.45) is 0 Å². The van der Waals surface area contributed by atoms with E-state index in [9.17, 15) is 13.2 Å². The van der Waals surface area contributed by atoms with Crippen molar-refractivity contribution in [2.45, 2.75) is 24.2 Å². The highest BCUT2D eigenvalue weighted by atomic mass is 32.2. The van der Waals surface area contributed by atoms with E-state index in [1.54, 1.807) is 7.11 Å². The van der Waals surface area contributed by atoms with Gasteiger partial charge in [-0.1, -0.05) is 0 Å². The molecule has 0 unspecified atom stereocenters. The molecular formula is C14H22N2O4S. The minimum Gasteiger partial charge on any atom is -0.399 e. The Bertz CT molecular complexity index is 585. The normalized spacial score (nSPS) is 11.3. The number of sulfone groups is 1. The van der Waals surface area contributed by atoms with Crippen LogP contribution in [-0.4, -0.2) is 40.8 Å². The lowest BCUT2D eigenvalue weighted by atomic mass is 10.2. The number of nitrogens with one attached hydrogen (secondary N) is 1. The summed E-state index contributed by atoms with van der Waals surface area (Å²) in [6, 6.07) is 4.15. The fourth-order valence-corrected chi connectivity index (χ4v) is 2.51. The number of methoxy groups -OCH3 is 1. The molecule has 0 aliphatic rings. The van der Waals surface area contributed by atoms with Crippen molar-refractivity contribution < 1.29 is 17.9 Å². The quantitative estimate of drug-likeness (QED) is 0.555. The van der Waals surface area contributed by atoms with Gasteiger partial charge < -0.3 is 15.8 Å². The molecule has 1 aromatic rings. The van der Waals surface area contributed by atoms with Gasteiger partial charge in [-0.25, -0.2) is 8.42 Å². The lowest BCUT2D eigenvalue weighted by Gasteiger charge is -2.08. The summed E-state index contributed by atoms with van der Waals surface area (Å²) in [5.41, 5.74) is 6.15. The summed E-state index contributed by atoms with van der Waals surface area (Å²) >= 11 is 0. The Morgan fingerprint density at radius 2 is 1.95 bits per heavy atom. The van der Waals surface area contributed by atoms with E-state index in [-0.39, 0.29) is 22.1 Å². The average molecular weight is 314 g/mol. The fourth-order valence-electron chi connectivity index (χ4n) is 1.82. The average Bonchev–Trinajstić information content (AvgIpc) is 2.40. The number of nitrogens with two attached hydrogens (primary N) is 1. The molecule has 0 atom stereocenters. The van der Waals surface area contributed by atoms with E-state index >= 15 is 0 Å². The number of ether oxygens (including phenoxy) is 1. The maximum Gasteiger partial charge on any atom is 0.251 e. The Hall–Kier alpha value is -1.60. The molecule has 0 fully saturated rings. The summed E-state index contributed by atoms with van der Waals surface area (Å²) in [5.74, 6) is -0.320. The number of carbonyl (C=O) groups excluding carboxylic acids is 1. The first kappa shape index (κ1) is 17.5. The van der Waals surface area contributed by atoms with E-state index in [0.29, 0.717) is 13.2 Å². The first-order valence-electron chi connectivity index (χ1n) is 6.72. The van der Waals surface area contributed by atoms with E-state index in [0.717, 1.165) is 25.5 Å². The first-order chi connectivity index (χ1) is 9.84. The third kappa shape index (κ3) is 6.14. The van der Waals surface area contributed by atoms with Gasteiger partial charge in [0.15, 0.2) is 9.84 Å². The van der Waals surface area contributed by atoms with Crippen molar-refractivity contribution in [1.82, 2.24) is 5.32 Å². The molecule has 118 valence electrons. The van der Waals surface area contributed by atoms with Gasteiger partial charge in [0.05, 0.1) is 4.90 Å². The van der Waals surface area contributed by atoms with Crippen LogP contribution in [0, 0.1) is 0 Å². The van der Waals surface area contributed by atoms with Crippen LogP contribution < -0.4 is 11.1 Å². The Morgan fingerprint density at radius 3 is 2.57 bits per heavy atom. The predicted molar refractivity (Wildman–Crippen MR) is 82.0 cm³/mol. The zero-order valence-corrected chi connectivity index (χ0v) is 13.2. The SMILES string of the molecule is COCCCCCNC(=O)c1cc(N)cc(S(C)(=O)=O)c1. The number of hydrogen-bond donors (Lipinski definition) is 2. The third-order valence-corrected chi connectivity index (χ3v) is 4.02. The van der Waals surface area contributed by atoms with Crippen molar-refractivity contribution in [1.29, 1.82) is 0 Å². The lowest BCUT2D eigenvalue weighted by Crippen LogP contribution is -2.24. The molecular weight excluding hydrogens is 292 g/mol. The summed E-state index contributed by atoms with van der Waals surface area (Å²) in [6.45, 7) is 1.24. The largest absolute Gasteiger partial charge is 0.399 e. The molecule has 1 amide bonds. The van der Waals surface area contributed by atoms with Crippen LogP contribution in [0.25, 0.3) is 0 Å². The zero-order valence-electron chi connectivity index (χ0n) is 12.4. The molecule has 6 nitrogen and oxygen atoms in total. The van der Waals surface area contributed by atoms with Crippen molar-refractivity contribution in [2.75, 3.05) is 32.3 Å². The van der Waals surface area contributed by atoms with Crippen LogP contribution in [0.5, 0.6) is 0 Å². The van der Waals surface area contributed by atoms with Crippen LogP contribution in [0.2, 0.25) is 0 Å². The van der Waals surface area contributed by atoms with Gasteiger partial charge in [-0.3, -0.25) is 4.79 Å². The molecule has 0 aliphatic heterocycles. The number of nitrogen functional groups attached to an aromatic ring is 1. The number of benzene rings is 1. The van der Waals surface area contributed by atoms with Gasteiger partial charge in [0, 0.05) is 37.8 Å². The molecule has 21 heavy (non-hydrogen) atoms. The summed E-state index contributed by atoms with van der Waals surface area (Å²) in [4.78, 5) is 12.0. The minimum atomic E-state index is -3.39. The standard InChI is InChI=1S/C14H22N2O4S/c1-20-7-5-3-4-6-16-14(17)11-8-12(15)10-13(9-11)21(2,18)19/h8-10H,3-7,15H2,1-2H3,(H,16,17). The highest BCUT2D eigenvalue weighted by Crippen LogP contribution is 2.16. The molecule has 7 heteroatoms. The lowest BCUT2D eigenvalue weighted by molar-refractivity contribution is 0.0952. The number of anilines is 1. The maximum atomic E-state index is 12.0. The fraction of sp³-hybridized carbons (Fsp3) is 0.500. The molecule has 0 radical (unpaired) electrons. The number of hydrogen-bond acceptors (Lipinski definition) is 5. The third-order valence-electron chi connectivity index (χ3n) is 2.93. The van der Waals surface area contributed by atoms with Crippen LogP contribution >= 0.6 is 0 Å². The molecule has 0 spiro atoms. The van der Waals surface area contributed by atoms with Crippen LogP contribution in [-0.2, 0) is 14.6 Å². The van der Waals surface area contributed by atoms with Crippen LogP contribution in [0.4, 0.5) is 5.69 Å². The van der Waals surface area contributed by atoms with Gasteiger partial charge in [0.2, 0.25) is 0 Å². The molecule has 0 saturated heterocycles.